The molecule has 0 amide bonds. The summed E-state index contributed by atoms with van der Waals surface area (Å²) >= 11 is 0. The average Bonchev–Trinajstić information content (AvgIpc) is 2.95. The fourth-order valence-electron chi connectivity index (χ4n) is 3.99. The fourth-order valence-corrected chi connectivity index (χ4v) is 3.99. The topological polar surface area (TPSA) is 4.93 Å². The van der Waals surface area contributed by atoms with Gasteiger partial charge >= 0.3 is 0 Å². The van der Waals surface area contributed by atoms with E-state index >= 15 is 0 Å². The van der Waals surface area contributed by atoms with Gasteiger partial charge in [0.25, 0.3) is 0 Å². The van der Waals surface area contributed by atoms with Crippen LogP contribution in [0, 0.1) is 0 Å². The highest BCUT2D eigenvalue weighted by Gasteiger charge is 2.09. The third-order valence-electron chi connectivity index (χ3n) is 5.25. The summed E-state index contributed by atoms with van der Waals surface area (Å²) in [6.07, 6.45) is 0.959. The molecule has 120 valence electrons. The molecule has 1 heteroatoms. The molecule has 0 unspecified atom stereocenters. The molecule has 0 aliphatic rings. The Labute approximate surface area is 147 Å². The van der Waals surface area contributed by atoms with Crippen molar-refractivity contribution in [3.05, 3.63) is 96.1 Å². The molecule has 4 aromatic carbocycles. The van der Waals surface area contributed by atoms with Crippen LogP contribution in [0.3, 0.4) is 0 Å². The van der Waals surface area contributed by atoms with Gasteiger partial charge in [0, 0.05) is 28.9 Å². The maximum Gasteiger partial charge on any atom is 0.0488 e. The van der Waals surface area contributed by atoms with Gasteiger partial charge in [0.1, 0.15) is 0 Å². The second-order valence-corrected chi connectivity index (χ2v) is 6.74. The summed E-state index contributed by atoms with van der Waals surface area (Å²) in [6, 6.07) is 30.8. The van der Waals surface area contributed by atoms with E-state index in [1.54, 1.807) is 0 Å². The van der Waals surface area contributed by atoms with Gasteiger partial charge in [-0.25, -0.2) is 0 Å². The van der Waals surface area contributed by atoms with Crippen molar-refractivity contribution in [1.29, 1.82) is 0 Å². The number of para-hydroxylation sites is 1. The van der Waals surface area contributed by atoms with E-state index in [0.29, 0.717) is 0 Å². The highest BCUT2D eigenvalue weighted by Crippen LogP contribution is 2.30. The van der Waals surface area contributed by atoms with Gasteiger partial charge < -0.3 is 4.57 Å². The summed E-state index contributed by atoms with van der Waals surface area (Å²) in [7, 11) is 2.15. The molecule has 0 aliphatic carbocycles. The summed E-state index contributed by atoms with van der Waals surface area (Å²) < 4.78 is 2.28. The second kappa shape index (κ2) is 5.49. The van der Waals surface area contributed by atoms with Crippen LogP contribution < -0.4 is 0 Å². The van der Waals surface area contributed by atoms with Gasteiger partial charge in [-0.05, 0) is 46.5 Å². The van der Waals surface area contributed by atoms with Gasteiger partial charge in [-0.2, -0.15) is 0 Å². The molecule has 25 heavy (non-hydrogen) atoms. The number of fused-ring (bicyclic) bond motifs is 4. The lowest BCUT2D eigenvalue weighted by Crippen LogP contribution is -1.91. The fraction of sp³-hybridized carbons (Fsp3) is 0.0833. The Kier molecular flexibility index (Phi) is 3.14. The highest BCUT2D eigenvalue weighted by atomic mass is 14.9. The van der Waals surface area contributed by atoms with E-state index < -0.39 is 0 Å². The first kappa shape index (κ1) is 14.3. The largest absolute Gasteiger partial charge is 0.344 e. The lowest BCUT2D eigenvalue weighted by atomic mass is 9.97. The molecule has 0 bridgehead atoms. The monoisotopic (exact) mass is 321 g/mol. The Hall–Kier alpha value is -3.06. The molecule has 1 nitrogen and oxygen atoms in total. The minimum atomic E-state index is 0.959. The van der Waals surface area contributed by atoms with Gasteiger partial charge in [-0.1, -0.05) is 66.7 Å². The van der Waals surface area contributed by atoms with Crippen LogP contribution in [0.2, 0.25) is 0 Å². The normalized spacial score (nSPS) is 11.6. The molecule has 0 spiro atoms. The lowest BCUT2D eigenvalue weighted by molar-refractivity contribution is 1.01. The summed E-state index contributed by atoms with van der Waals surface area (Å²) in [5.41, 5.74) is 5.33. The van der Waals surface area contributed by atoms with Crippen molar-refractivity contribution < 1.29 is 0 Å². The van der Waals surface area contributed by atoms with Crippen molar-refractivity contribution in [3.63, 3.8) is 0 Å². The van der Waals surface area contributed by atoms with Crippen LogP contribution in [0.4, 0.5) is 0 Å². The Morgan fingerprint density at radius 1 is 0.640 bits per heavy atom. The molecule has 0 atom stereocenters. The molecular formula is C24H19N. The number of hydrogen-bond acceptors (Lipinski definition) is 0. The molecule has 1 aromatic heterocycles. The number of aromatic nitrogens is 1. The van der Waals surface area contributed by atoms with Crippen molar-refractivity contribution in [3.8, 4) is 0 Å². The quantitative estimate of drug-likeness (QED) is 0.371. The molecule has 0 N–H and O–H groups in total. The molecule has 0 fully saturated rings. The molecule has 5 aromatic rings. The zero-order chi connectivity index (χ0) is 16.8. The van der Waals surface area contributed by atoms with E-state index in [2.05, 4.69) is 96.5 Å². The predicted octanol–water partition coefficient (Wildman–Crippen LogP) is 6.08. The summed E-state index contributed by atoms with van der Waals surface area (Å²) in [5, 5.41) is 5.34. The van der Waals surface area contributed by atoms with E-state index in [0.717, 1.165) is 6.42 Å². The summed E-state index contributed by atoms with van der Waals surface area (Å²) in [5.74, 6) is 0. The maximum atomic E-state index is 2.36. The highest BCUT2D eigenvalue weighted by molar-refractivity contribution is 6.08. The SMILES string of the molecule is Cn1c2ccccc2c2cc(Cc3cccc4ccccc34)ccc21. The summed E-state index contributed by atoms with van der Waals surface area (Å²) in [6.45, 7) is 0. The lowest BCUT2D eigenvalue weighted by Gasteiger charge is -2.07. The van der Waals surface area contributed by atoms with Crippen LogP contribution in [-0.4, -0.2) is 4.57 Å². The van der Waals surface area contributed by atoms with Gasteiger partial charge in [0.05, 0.1) is 0 Å². The van der Waals surface area contributed by atoms with Crippen LogP contribution in [-0.2, 0) is 13.5 Å². The number of nitrogens with zero attached hydrogens (tertiary/aromatic N) is 1. The molecular weight excluding hydrogens is 302 g/mol. The van der Waals surface area contributed by atoms with E-state index in [1.807, 2.05) is 0 Å². The van der Waals surface area contributed by atoms with Crippen molar-refractivity contribution >= 4 is 32.6 Å². The van der Waals surface area contributed by atoms with Crippen LogP contribution in [0.25, 0.3) is 32.6 Å². The zero-order valence-electron chi connectivity index (χ0n) is 14.2. The minimum Gasteiger partial charge on any atom is -0.344 e. The number of rotatable bonds is 2. The first-order valence-electron chi connectivity index (χ1n) is 8.74. The number of hydrogen-bond donors (Lipinski definition) is 0. The van der Waals surface area contributed by atoms with Gasteiger partial charge in [0.2, 0.25) is 0 Å². The van der Waals surface area contributed by atoms with E-state index in [1.165, 1.54) is 43.7 Å². The Morgan fingerprint density at radius 2 is 1.36 bits per heavy atom. The third-order valence-corrected chi connectivity index (χ3v) is 5.25. The predicted molar refractivity (Wildman–Crippen MR) is 107 cm³/mol. The number of benzene rings is 4. The average molecular weight is 321 g/mol. The van der Waals surface area contributed by atoms with Crippen molar-refractivity contribution in [2.45, 2.75) is 6.42 Å². The van der Waals surface area contributed by atoms with Crippen LogP contribution >= 0.6 is 0 Å². The first-order chi connectivity index (χ1) is 12.3. The number of aryl methyl sites for hydroxylation is 1. The van der Waals surface area contributed by atoms with E-state index in [-0.39, 0.29) is 0 Å². The van der Waals surface area contributed by atoms with Gasteiger partial charge in [0.15, 0.2) is 0 Å². The summed E-state index contributed by atoms with van der Waals surface area (Å²) in [4.78, 5) is 0. The third kappa shape index (κ3) is 2.24. The minimum absolute atomic E-state index is 0.959. The van der Waals surface area contributed by atoms with Crippen LogP contribution in [0.15, 0.2) is 84.9 Å². The zero-order valence-corrected chi connectivity index (χ0v) is 14.2. The molecule has 0 saturated heterocycles. The van der Waals surface area contributed by atoms with Crippen molar-refractivity contribution in [2.24, 2.45) is 7.05 Å². The van der Waals surface area contributed by atoms with E-state index in [4.69, 9.17) is 0 Å². The Bertz CT molecular complexity index is 1220. The Morgan fingerprint density at radius 3 is 2.28 bits per heavy atom. The molecule has 0 saturated carbocycles. The molecule has 0 aliphatic heterocycles. The second-order valence-electron chi connectivity index (χ2n) is 6.74. The standard InChI is InChI=1S/C24H19N/c1-25-23-12-5-4-11-21(23)22-16-17(13-14-24(22)25)15-19-9-6-8-18-7-2-3-10-20(18)19/h2-14,16H,15H2,1H3. The van der Waals surface area contributed by atoms with Crippen LogP contribution in [0.5, 0.6) is 0 Å². The van der Waals surface area contributed by atoms with Gasteiger partial charge in [-0.15, -0.1) is 0 Å². The molecule has 0 radical (unpaired) electrons. The van der Waals surface area contributed by atoms with Gasteiger partial charge in [-0.3, -0.25) is 0 Å². The van der Waals surface area contributed by atoms with Crippen LogP contribution in [0.1, 0.15) is 11.1 Å². The molecule has 1 heterocycles. The smallest absolute Gasteiger partial charge is 0.0488 e. The maximum absolute atomic E-state index is 2.36. The first-order valence-corrected chi connectivity index (χ1v) is 8.74. The van der Waals surface area contributed by atoms with Crippen molar-refractivity contribution in [1.82, 2.24) is 4.57 Å². The van der Waals surface area contributed by atoms with Crippen molar-refractivity contribution in [2.75, 3.05) is 0 Å². The van der Waals surface area contributed by atoms with E-state index in [9.17, 15) is 0 Å². The Balaban J connectivity index is 1.67. The molecule has 5 rings (SSSR count).